The van der Waals surface area contributed by atoms with Crippen molar-refractivity contribution >= 4 is 47.8 Å². The summed E-state index contributed by atoms with van der Waals surface area (Å²) in [5, 5.41) is 48.2. The van der Waals surface area contributed by atoms with Crippen LogP contribution in [0.2, 0.25) is 0 Å². The predicted octanol–water partition coefficient (Wildman–Crippen LogP) is -0.529. The molecule has 25 heteroatoms. The number of fused-ring (bicyclic) bond motifs is 5. The summed E-state index contributed by atoms with van der Waals surface area (Å²) in [6, 6.07) is 5.74. The van der Waals surface area contributed by atoms with E-state index in [2.05, 4.69) is 29.9 Å². The van der Waals surface area contributed by atoms with Gasteiger partial charge in [-0.25, -0.2) is 29.9 Å². The molecule has 0 saturated carbocycles. The monoisotopic (exact) mass is 1060 g/mol. The van der Waals surface area contributed by atoms with Crippen LogP contribution in [-0.4, -0.2) is 171 Å². The summed E-state index contributed by atoms with van der Waals surface area (Å²) in [7, 11) is 1.00. The zero-order valence-corrected chi connectivity index (χ0v) is 44.1. The van der Waals surface area contributed by atoms with Crippen LogP contribution in [0.1, 0.15) is 79.7 Å². The molecule has 12 atom stereocenters. The number of aldehydes is 1. The van der Waals surface area contributed by atoms with E-state index in [0.717, 1.165) is 57.9 Å². The summed E-state index contributed by atoms with van der Waals surface area (Å²) in [5.41, 5.74) is 4.83. The van der Waals surface area contributed by atoms with Gasteiger partial charge in [0.15, 0.2) is 36.5 Å². The Morgan fingerprint density at radius 2 is 0.943 bits per heavy atom. The van der Waals surface area contributed by atoms with Crippen LogP contribution in [0, 0.1) is 20.8 Å². The van der Waals surface area contributed by atoms with Crippen LogP contribution in [0.25, 0.3) is 33.1 Å². The molecule has 5 N–H and O–H groups in total. The van der Waals surface area contributed by atoms with Crippen molar-refractivity contribution in [2.45, 2.75) is 149 Å². The Balaban J connectivity index is 0.000000345. The molecule has 0 aliphatic carbocycles. The average Bonchev–Trinajstić information content (AvgIpc) is 4.17. The molecule has 6 aromatic heterocycles. The Hall–Kier alpha value is -2.78. The molecule has 4 radical (unpaired) electrons. The normalized spacial score (nSPS) is 29.5. The SMILES string of the molecule is C.C.CO.Cc1ncnc2c1ccn2[C@@H]1O[C@@H](C=O)[C@H]2OC(C)(C)O[C@H]21.Cc1ncnc2c1ccn2[C@@H]1O[C@@H](CO)[C@@H](O)[C@H]1O.Cc1ncnc2c1ccn2[C@@H]1O[C@@H](CO)[C@H]2OC(C)(C)O[C@H]21.[B].[H-].[Na+].[Y]. The van der Waals surface area contributed by atoms with Crippen LogP contribution >= 0.6 is 0 Å². The van der Waals surface area contributed by atoms with Crippen molar-refractivity contribution in [3.8, 4) is 0 Å². The fourth-order valence-corrected chi connectivity index (χ4v) is 8.99. The molecule has 5 aliphatic heterocycles. The van der Waals surface area contributed by atoms with Gasteiger partial charge in [-0.2, -0.15) is 0 Å². The van der Waals surface area contributed by atoms with Gasteiger partial charge in [-0.1, -0.05) is 14.9 Å². The first kappa shape index (κ1) is 61.5. The first-order valence-corrected chi connectivity index (χ1v) is 21.1. The van der Waals surface area contributed by atoms with Gasteiger partial charge in [-0.05, 0) is 66.7 Å². The van der Waals surface area contributed by atoms with Gasteiger partial charge in [0, 0.05) is 83.0 Å². The molecule has 5 saturated heterocycles. The van der Waals surface area contributed by atoms with Crippen molar-refractivity contribution in [1.29, 1.82) is 0 Å². The number of aryl methyl sites for hydroxylation is 3. The van der Waals surface area contributed by atoms with Gasteiger partial charge in [0.1, 0.15) is 90.9 Å². The maximum absolute atomic E-state index is 11.3. The molecule has 22 nitrogen and oxygen atoms in total. The third kappa shape index (κ3) is 11.6. The van der Waals surface area contributed by atoms with Gasteiger partial charge in [0.2, 0.25) is 0 Å². The standard InChI is InChI=1S/C15H19N3O4.C15H17N3O4.C12H15N3O4.CH4O.2CH4.B.Na.Y.H/c2*1-8-9-4-5-18(13(9)17-7-16-8)14-12-11(10(6-19)20-14)21-15(2,3)22-12;1-6-7-2-3-15(11(7)14-5-13-6)12-10(18)9(17)8(4-16)19-12;1-2;;;;;;/h4-5,7,10-12,14,19H,6H2,1-3H3;4-7,10-12,14H,1-3H3;2-3,5,8-10,12,16-18H,4H2,1H3;2H,1H3;2*1H4;;;;/q;;;;;;;+1;;-1/t2*10-,11+,12+,14+;8-,9+,10+,12+;;;;;;;/m000......./s1. The fraction of sp³-hybridized carbons (Fsp3) is 0.578. The summed E-state index contributed by atoms with van der Waals surface area (Å²) >= 11 is 0. The summed E-state index contributed by atoms with van der Waals surface area (Å²) in [5.74, 6) is -1.41. The zero-order chi connectivity index (χ0) is 46.5. The molecule has 0 amide bonds. The van der Waals surface area contributed by atoms with E-state index in [1.165, 1.54) is 12.7 Å². The van der Waals surface area contributed by atoms with E-state index < -0.39 is 60.7 Å². The second-order valence-electron chi connectivity index (χ2n) is 17.0. The molecule has 374 valence electrons. The number of carbonyl (C=O) groups is 1. The molecule has 0 bridgehead atoms. The van der Waals surface area contributed by atoms with E-state index in [1.807, 2.05) is 88.2 Å². The van der Waals surface area contributed by atoms with Crippen LogP contribution in [0.15, 0.2) is 55.8 Å². The van der Waals surface area contributed by atoms with E-state index in [4.69, 9.17) is 43.4 Å². The fourth-order valence-electron chi connectivity index (χ4n) is 8.99. The third-order valence-corrected chi connectivity index (χ3v) is 12.0. The Bertz CT molecular complexity index is 2650. The minimum atomic E-state index is -1.12. The van der Waals surface area contributed by atoms with Crippen molar-refractivity contribution in [3.05, 3.63) is 72.9 Å². The largest absolute Gasteiger partial charge is 1.00 e. The maximum Gasteiger partial charge on any atom is 1.00 e. The first-order valence-electron chi connectivity index (χ1n) is 21.1. The maximum atomic E-state index is 11.3. The summed E-state index contributed by atoms with van der Waals surface area (Å²) < 4.78 is 46.4. The Morgan fingerprint density at radius 3 is 1.34 bits per heavy atom. The Labute approximate surface area is 457 Å². The van der Waals surface area contributed by atoms with Crippen LogP contribution in [0.5, 0.6) is 0 Å². The molecular weight excluding hydrogens is 997 g/mol. The topological polar surface area (TPSA) is 275 Å². The zero-order valence-electron chi connectivity index (χ0n) is 40.3. The van der Waals surface area contributed by atoms with Crippen molar-refractivity contribution in [2.75, 3.05) is 20.3 Å². The van der Waals surface area contributed by atoms with E-state index in [9.17, 15) is 20.1 Å². The van der Waals surface area contributed by atoms with Crippen molar-refractivity contribution in [2.24, 2.45) is 0 Å². The van der Waals surface area contributed by atoms with Gasteiger partial charge >= 0.3 is 29.6 Å². The average molecular weight is 1060 g/mol. The van der Waals surface area contributed by atoms with E-state index >= 15 is 0 Å². The number of ether oxygens (including phenoxy) is 7. The van der Waals surface area contributed by atoms with E-state index in [-0.39, 0.29) is 125 Å². The number of aromatic nitrogens is 9. The molecule has 0 unspecified atom stereocenters. The van der Waals surface area contributed by atoms with Crippen LogP contribution in [-0.2, 0) is 70.7 Å². The first-order chi connectivity index (χ1) is 31.1. The predicted molar refractivity (Wildman–Crippen MR) is 247 cm³/mol. The molecule has 11 rings (SSSR count). The van der Waals surface area contributed by atoms with Gasteiger partial charge < -0.3 is 78.6 Å². The Morgan fingerprint density at radius 1 is 0.586 bits per heavy atom. The number of carbonyl (C=O) groups excluding carboxylic acids is 1. The van der Waals surface area contributed by atoms with Crippen molar-refractivity contribution < 1.29 is 127 Å². The minimum Gasteiger partial charge on any atom is -1.00 e. The second-order valence-corrected chi connectivity index (χ2v) is 17.0. The molecule has 0 spiro atoms. The minimum absolute atomic E-state index is 0. The molecule has 11 heterocycles. The molecule has 0 aromatic carbocycles. The van der Waals surface area contributed by atoms with E-state index in [0.29, 0.717) is 5.65 Å². The number of nitrogens with zero attached hydrogens (tertiary/aromatic N) is 9. The molecule has 70 heavy (non-hydrogen) atoms. The summed E-state index contributed by atoms with van der Waals surface area (Å²) in [6.07, 6.45) is 3.83. The molecule has 6 aromatic rings. The van der Waals surface area contributed by atoms with Crippen LogP contribution in [0.4, 0.5) is 0 Å². The number of aliphatic hydroxyl groups is 5. The number of aliphatic hydroxyl groups excluding tert-OH is 5. The summed E-state index contributed by atoms with van der Waals surface area (Å²) in [4.78, 5) is 36.7. The number of rotatable bonds is 6. The molecule has 5 aliphatic rings. The number of hydrogen-bond donors (Lipinski definition) is 5. The van der Waals surface area contributed by atoms with Gasteiger partial charge in [0.25, 0.3) is 0 Å². The van der Waals surface area contributed by atoms with E-state index in [1.54, 1.807) is 17.1 Å². The van der Waals surface area contributed by atoms with Crippen molar-refractivity contribution in [1.82, 2.24) is 43.6 Å². The van der Waals surface area contributed by atoms with Crippen LogP contribution < -0.4 is 29.6 Å². The van der Waals surface area contributed by atoms with Gasteiger partial charge in [-0.15, -0.1) is 0 Å². The summed E-state index contributed by atoms with van der Waals surface area (Å²) in [6.45, 7) is 12.7. The van der Waals surface area contributed by atoms with Gasteiger partial charge in [0.05, 0.1) is 30.3 Å². The van der Waals surface area contributed by atoms with Crippen molar-refractivity contribution in [3.63, 3.8) is 0 Å². The smallest absolute Gasteiger partial charge is 1.00 e. The third-order valence-electron chi connectivity index (χ3n) is 12.0. The van der Waals surface area contributed by atoms with Crippen LogP contribution in [0.3, 0.4) is 0 Å². The Kier molecular flexibility index (Phi) is 21.9. The molecular formula is C45H64BN9NaO13Y. The molecule has 5 fully saturated rings. The number of hydrogen-bond acceptors (Lipinski definition) is 19. The van der Waals surface area contributed by atoms with Gasteiger partial charge in [-0.3, -0.25) is 0 Å². The second kappa shape index (κ2) is 25.0. The quantitative estimate of drug-likeness (QED) is 0.104.